The second-order valence-corrected chi connectivity index (χ2v) is 22.3. The van der Waals surface area contributed by atoms with Crippen LogP contribution in [0.1, 0.15) is 22.3 Å². The van der Waals surface area contributed by atoms with E-state index in [2.05, 4.69) is 0 Å². The van der Waals surface area contributed by atoms with E-state index < -0.39 is 60.7 Å². The summed E-state index contributed by atoms with van der Waals surface area (Å²) in [6.45, 7) is -0.625. The fraction of sp³-hybridized carbons (Fsp3) is 0.647. The summed E-state index contributed by atoms with van der Waals surface area (Å²) in [5, 5.41) is 9.88. The molecule has 0 amide bonds. The number of aliphatic hydroxyl groups is 1. The van der Waals surface area contributed by atoms with E-state index in [-0.39, 0.29) is 12.0 Å². The maximum Gasteiger partial charge on any atom is 0.226 e. The molecule has 1 nitrogen and oxygen atoms in total. The van der Waals surface area contributed by atoms with E-state index in [4.69, 9.17) is 244 Å². The van der Waals surface area contributed by atoms with E-state index in [1.807, 2.05) is 0 Å². The van der Waals surface area contributed by atoms with Crippen molar-refractivity contribution < 1.29 is 5.11 Å². The highest BCUT2D eigenvalue weighted by molar-refractivity contribution is 6.80. The molecule has 0 aromatic heterocycles. The third kappa shape index (κ3) is 7.95. The predicted octanol–water partition coefficient (Wildman–Crippen LogP) is 13.7. The van der Waals surface area contributed by atoms with Gasteiger partial charge in [0.2, 0.25) is 24.4 Å². The number of benzene rings is 1. The van der Waals surface area contributed by atoms with Gasteiger partial charge in [0, 0.05) is 6.61 Å². The van der Waals surface area contributed by atoms with Gasteiger partial charge in [0.25, 0.3) is 0 Å². The molecule has 0 fully saturated rings. The van der Waals surface area contributed by atoms with Crippen molar-refractivity contribution in [1.29, 1.82) is 0 Å². The summed E-state index contributed by atoms with van der Waals surface area (Å²) in [7, 11) is 0. The number of rotatable bonds is 8. The van der Waals surface area contributed by atoms with E-state index in [0.29, 0.717) is 0 Å². The summed E-state index contributed by atoms with van der Waals surface area (Å²) in [4.78, 5) is 0. The molecule has 0 radical (unpaired) electrons. The first-order valence-corrected chi connectivity index (χ1v) is 17.0. The topological polar surface area (TPSA) is 20.2 Å². The molecule has 0 aliphatic heterocycles. The van der Waals surface area contributed by atoms with E-state index in [1.165, 1.54) is 0 Å². The van der Waals surface area contributed by atoms with Gasteiger partial charge in [-0.25, -0.2) is 0 Å². The average Bonchev–Trinajstić information content (AvgIpc) is 2.70. The van der Waals surface area contributed by atoms with E-state index in [9.17, 15) is 5.11 Å². The van der Waals surface area contributed by atoms with Crippen molar-refractivity contribution in [2.24, 2.45) is 0 Å². The van der Waals surface area contributed by atoms with Crippen LogP contribution in [0.3, 0.4) is 0 Å². The zero-order valence-electron chi connectivity index (χ0n) is 17.5. The van der Waals surface area contributed by atoms with Gasteiger partial charge >= 0.3 is 0 Å². The van der Waals surface area contributed by atoms with E-state index in [0.717, 1.165) is 12.1 Å². The molecule has 1 rings (SSSR count). The van der Waals surface area contributed by atoms with Crippen LogP contribution < -0.4 is 0 Å². The molecule has 228 valence electrons. The van der Waals surface area contributed by atoms with Crippen LogP contribution in [0.25, 0.3) is 0 Å². The van der Waals surface area contributed by atoms with Crippen molar-refractivity contribution in [3.63, 3.8) is 0 Å². The van der Waals surface area contributed by atoms with Gasteiger partial charge < -0.3 is 5.11 Å². The molecule has 0 saturated heterocycles. The van der Waals surface area contributed by atoms with Gasteiger partial charge in [-0.3, -0.25) is 0 Å². The zero-order valence-corrected chi connectivity index (χ0v) is 33.3. The monoisotopic (exact) mass is 961 g/mol. The number of aliphatic hydroxyl groups excluding tert-OH is 1. The van der Waals surface area contributed by atoms with Crippen LogP contribution in [0.15, 0.2) is 12.1 Å². The second kappa shape index (κ2) is 13.6. The summed E-state index contributed by atoms with van der Waals surface area (Å²) in [6, 6.07) is 2.06. The quantitative estimate of drug-likeness (QED) is 0.257. The summed E-state index contributed by atoms with van der Waals surface area (Å²) < 4.78 is -23.6. The van der Waals surface area contributed by atoms with Gasteiger partial charge in [-0.1, -0.05) is 244 Å². The van der Waals surface area contributed by atoms with Crippen molar-refractivity contribution in [1.82, 2.24) is 0 Å². The van der Waals surface area contributed by atoms with Crippen LogP contribution in [0.4, 0.5) is 0 Å². The number of halogens is 21. The Labute approximate surface area is 329 Å². The number of hydrogen-bond donors (Lipinski definition) is 1. The van der Waals surface area contributed by atoms with Gasteiger partial charge in [-0.05, 0) is 40.8 Å². The highest BCUT2D eigenvalue weighted by atomic mass is 35.6. The molecular weight excluding hydrogens is 965 g/mol. The largest absolute Gasteiger partial charge is 0.396 e. The van der Waals surface area contributed by atoms with Crippen LogP contribution in [-0.4, -0.2) is 36.1 Å². The van der Waals surface area contributed by atoms with Gasteiger partial charge in [-0.2, -0.15) is 0 Å². The van der Waals surface area contributed by atoms with Crippen molar-refractivity contribution >= 4 is 244 Å². The van der Waals surface area contributed by atoms with Crippen LogP contribution in [0.5, 0.6) is 0 Å². The van der Waals surface area contributed by atoms with Crippen LogP contribution in [0, 0.1) is 0 Å². The summed E-state index contributed by atoms with van der Waals surface area (Å²) in [5.41, 5.74) is -1.36. The van der Waals surface area contributed by atoms with Gasteiger partial charge in [0.05, 0.1) is 0 Å². The molecule has 0 saturated carbocycles. The lowest BCUT2D eigenvalue weighted by atomic mass is 9.88. The van der Waals surface area contributed by atoms with E-state index in [1.54, 1.807) is 0 Å². The Hall–Kier alpha value is 5.27. The Morgan fingerprint density at radius 1 is 0.436 bits per heavy atom. The normalized spacial score (nSPS) is 15.6. The van der Waals surface area contributed by atoms with Crippen LogP contribution in [-0.2, 0) is 19.4 Å². The summed E-state index contributed by atoms with van der Waals surface area (Å²) in [6.07, 6.45) is -0.379. The molecule has 1 aromatic carbocycles. The molecule has 0 bridgehead atoms. The lowest BCUT2D eigenvalue weighted by Gasteiger charge is -2.44. The van der Waals surface area contributed by atoms with Crippen molar-refractivity contribution in [3.8, 4) is 0 Å². The Bertz CT molecular complexity index is 983. The SMILES string of the molecule is OCCc1c(C(Cl)(Cl)C(Cl)(Cl)C(Cl)(Cl)Cl)cc(C(Cl)(Cl)C(Cl)(Cl)C(Cl)(Cl)Cl)cc1C(Cl)(Cl)C(Cl)(Cl)C(Cl)(Cl)Cl. The molecule has 1 aromatic rings. The van der Waals surface area contributed by atoms with Crippen molar-refractivity contribution in [2.45, 2.75) is 43.8 Å². The minimum atomic E-state index is -2.68. The minimum Gasteiger partial charge on any atom is -0.396 e. The summed E-state index contributed by atoms with van der Waals surface area (Å²) >= 11 is 131. The number of hydrogen-bond acceptors (Lipinski definition) is 1. The van der Waals surface area contributed by atoms with Crippen molar-refractivity contribution in [2.75, 3.05) is 6.61 Å². The fourth-order valence-corrected chi connectivity index (χ4v) is 7.36. The Morgan fingerprint density at radius 3 is 0.923 bits per heavy atom. The average molecular weight is 972 g/mol. The molecule has 0 atom stereocenters. The lowest BCUT2D eigenvalue weighted by Crippen LogP contribution is -2.49. The Balaban J connectivity index is 4.51. The first-order chi connectivity index (χ1) is 16.8. The smallest absolute Gasteiger partial charge is 0.226 e. The molecule has 0 aliphatic carbocycles. The Morgan fingerprint density at radius 2 is 0.692 bits per heavy atom. The molecule has 0 aliphatic rings. The summed E-state index contributed by atoms with van der Waals surface area (Å²) in [5.74, 6) is 0. The number of alkyl halides is 21. The van der Waals surface area contributed by atoms with Gasteiger partial charge in [-0.15, -0.1) is 0 Å². The highest BCUT2D eigenvalue weighted by Crippen LogP contribution is 2.66. The van der Waals surface area contributed by atoms with Gasteiger partial charge in [0.15, 0.2) is 13.0 Å². The zero-order chi connectivity index (χ0) is 31.6. The molecule has 39 heavy (non-hydrogen) atoms. The Kier molecular flexibility index (Phi) is 14.8. The molecule has 22 heteroatoms. The second-order valence-electron chi connectivity index (χ2n) is 7.46. The van der Waals surface area contributed by atoms with Crippen LogP contribution in [0.2, 0.25) is 0 Å². The third-order valence-electron chi connectivity index (χ3n) is 4.90. The molecular formula is C17H7Cl21O. The fourth-order valence-electron chi connectivity index (χ4n) is 2.85. The maximum atomic E-state index is 9.88. The predicted molar refractivity (Wildman–Crippen MR) is 182 cm³/mol. The van der Waals surface area contributed by atoms with E-state index >= 15 is 0 Å². The third-order valence-corrected chi connectivity index (χ3v) is 16.7. The highest BCUT2D eigenvalue weighted by Gasteiger charge is 2.66. The first kappa shape index (κ1) is 42.3. The minimum absolute atomic E-state index is 0.163. The first-order valence-electron chi connectivity index (χ1n) is 9.04. The molecule has 0 unspecified atom stereocenters. The van der Waals surface area contributed by atoms with Crippen LogP contribution >= 0.6 is 244 Å². The van der Waals surface area contributed by atoms with Gasteiger partial charge in [0.1, 0.15) is 0 Å². The molecule has 0 spiro atoms. The lowest BCUT2D eigenvalue weighted by molar-refractivity contribution is 0.298. The maximum absolute atomic E-state index is 9.88. The molecule has 1 N–H and O–H groups in total. The molecule has 0 heterocycles. The van der Waals surface area contributed by atoms with Crippen molar-refractivity contribution in [3.05, 3.63) is 34.4 Å². The standard InChI is InChI=1S/C17H7Cl21O/c18-9(19,12(24,25)15(30,31)32)5-3-7(10(20,21)13(26,27)16(33,34)35)6(1-2-39)8(4-5)11(22,23)14(28,29)17(36,37)38/h3-4,39H,1-2H2.